The Balaban J connectivity index is 1.90. The molecule has 0 bridgehead atoms. The topological polar surface area (TPSA) is 54.9 Å². The highest BCUT2D eigenvalue weighted by Gasteiger charge is 2.36. The first-order valence-electron chi connectivity index (χ1n) is 10.1. The van der Waals surface area contributed by atoms with E-state index in [1.54, 1.807) is 43.0 Å². The number of halogens is 1. The first-order valence-corrected chi connectivity index (χ1v) is 11.3. The van der Waals surface area contributed by atoms with E-state index in [2.05, 4.69) is 0 Å². The van der Waals surface area contributed by atoms with Crippen LogP contribution in [0, 0.1) is 0 Å². The number of hydrogen-bond acceptors (Lipinski definition) is 6. The molecule has 0 saturated heterocycles. The number of fused-ring (bicyclic) bond motifs is 1. The monoisotopic (exact) mass is 461 g/mol. The molecule has 0 N–H and O–H groups in total. The van der Waals surface area contributed by atoms with Crippen LogP contribution in [0.15, 0.2) is 42.5 Å². The third-order valence-corrected chi connectivity index (χ3v) is 5.90. The third kappa shape index (κ3) is 5.87. The fourth-order valence-electron chi connectivity index (χ4n) is 3.01. The zero-order valence-corrected chi connectivity index (χ0v) is 20.1. The van der Waals surface area contributed by atoms with Gasteiger partial charge in [0.05, 0.1) is 16.8 Å². The van der Waals surface area contributed by atoms with Gasteiger partial charge in [-0.05, 0) is 77.3 Å². The number of carbonyl (C=O) groups is 1. The molecule has 1 amide bonds. The van der Waals surface area contributed by atoms with E-state index in [4.69, 9.17) is 26.1 Å². The lowest BCUT2D eigenvalue weighted by atomic mass is 10.1. The van der Waals surface area contributed by atoms with Crippen molar-refractivity contribution >= 4 is 44.2 Å². The van der Waals surface area contributed by atoms with Crippen LogP contribution < -0.4 is 14.4 Å². The van der Waals surface area contributed by atoms with Crippen molar-refractivity contribution in [2.45, 2.75) is 26.4 Å². The SMILES string of the molecule is CCOc1ccc2nc(N(CCN(C)C)C(=O)C(C)(C)Oc3ccc(Cl)cc3)sc2c1. The van der Waals surface area contributed by atoms with E-state index in [1.165, 1.54) is 11.3 Å². The molecule has 1 aromatic heterocycles. The molecule has 3 rings (SSSR count). The molecule has 0 aliphatic heterocycles. The van der Waals surface area contributed by atoms with Gasteiger partial charge in [0.1, 0.15) is 11.5 Å². The molecule has 0 aliphatic carbocycles. The van der Waals surface area contributed by atoms with Gasteiger partial charge in [0, 0.05) is 18.1 Å². The van der Waals surface area contributed by atoms with Gasteiger partial charge >= 0.3 is 0 Å². The molecule has 2 aromatic carbocycles. The number of anilines is 1. The molecule has 6 nitrogen and oxygen atoms in total. The van der Waals surface area contributed by atoms with Gasteiger partial charge in [0.25, 0.3) is 5.91 Å². The first kappa shape index (κ1) is 23.3. The second-order valence-corrected chi connectivity index (χ2v) is 9.33. The molecule has 166 valence electrons. The molecular formula is C23H28ClN3O3S. The summed E-state index contributed by atoms with van der Waals surface area (Å²) >= 11 is 7.44. The van der Waals surface area contributed by atoms with Crippen molar-refractivity contribution in [1.82, 2.24) is 9.88 Å². The zero-order valence-electron chi connectivity index (χ0n) is 18.5. The van der Waals surface area contributed by atoms with Crippen molar-refractivity contribution in [3.63, 3.8) is 0 Å². The van der Waals surface area contributed by atoms with Gasteiger partial charge in [-0.2, -0.15) is 0 Å². The number of thiazole rings is 1. The van der Waals surface area contributed by atoms with Crippen LogP contribution in [0.5, 0.6) is 11.5 Å². The number of benzene rings is 2. The minimum Gasteiger partial charge on any atom is -0.494 e. The van der Waals surface area contributed by atoms with Crippen LogP contribution >= 0.6 is 22.9 Å². The fourth-order valence-corrected chi connectivity index (χ4v) is 4.16. The lowest BCUT2D eigenvalue weighted by Gasteiger charge is -2.31. The molecule has 1 heterocycles. The number of hydrogen-bond donors (Lipinski definition) is 0. The molecule has 0 atom stereocenters. The number of carbonyl (C=O) groups excluding carboxylic acids is 1. The standard InChI is InChI=1S/C23H28ClN3O3S/c1-6-29-18-11-12-19-20(15-18)31-22(25-19)27(14-13-26(4)5)21(28)23(2,3)30-17-9-7-16(24)8-10-17/h7-12,15H,6,13-14H2,1-5H3. The van der Waals surface area contributed by atoms with Gasteiger partial charge in [0.2, 0.25) is 0 Å². The van der Waals surface area contributed by atoms with Crippen molar-refractivity contribution in [1.29, 1.82) is 0 Å². The molecule has 0 radical (unpaired) electrons. The van der Waals surface area contributed by atoms with Crippen LogP contribution in [0.3, 0.4) is 0 Å². The molecule has 0 saturated carbocycles. The third-order valence-electron chi connectivity index (χ3n) is 4.61. The summed E-state index contributed by atoms with van der Waals surface area (Å²) in [5.41, 5.74) is -0.253. The molecule has 0 spiro atoms. The average molecular weight is 462 g/mol. The number of rotatable bonds is 9. The quantitative estimate of drug-likeness (QED) is 0.443. The Bertz CT molecular complexity index is 1030. The van der Waals surface area contributed by atoms with E-state index >= 15 is 0 Å². The van der Waals surface area contributed by atoms with Gasteiger partial charge < -0.3 is 14.4 Å². The highest BCUT2D eigenvalue weighted by molar-refractivity contribution is 7.22. The molecule has 0 fully saturated rings. The summed E-state index contributed by atoms with van der Waals surface area (Å²) in [6, 6.07) is 12.8. The van der Waals surface area contributed by atoms with Crippen LogP contribution in [-0.2, 0) is 4.79 Å². The summed E-state index contributed by atoms with van der Waals surface area (Å²) in [4.78, 5) is 22.1. The zero-order chi connectivity index (χ0) is 22.6. The lowest BCUT2D eigenvalue weighted by Crippen LogP contribution is -2.50. The van der Waals surface area contributed by atoms with E-state index in [1.807, 2.05) is 44.1 Å². The average Bonchev–Trinajstić information content (AvgIpc) is 3.12. The van der Waals surface area contributed by atoms with Crippen molar-refractivity contribution in [2.24, 2.45) is 0 Å². The maximum Gasteiger partial charge on any atom is 0.272 e. The Morgan fingerprint density at radius 2 is 1.77 bits per heavy atom. The Morgan fingerprint density at radius 3 is 2.42 bits per heavy atom. The normalized spacial score (nSPS) is 11.7. The summed E-state index contributed by atoms with van der Waals surface area (Å²) in [6.45, 7) is 7.29. The number of amides is 1. The van der Waals surface area contributed by atoms with E-state index in [-0.39, 0.29) is 5.91 Å². The minimum absolute atomic E-state index is 0.159. The highest BCUT2D eigenvalue weighted by atomic mass is 35.5. The van der Waals surface area contributed by atoms with Crippen LogP contribution in [0.2, 0.25) is 5.02 Å². The first-order chi connectivity index (χ1) is 14.7. The minimum atomic E-state index is -1.09. The maximum atomic E-state index is 13.6. The second kappa shape index (κ2) is 9.85. The Hall–Kier alpha value is -2.35. The van der Waals surface area contributed by atoms with Crippen molar-refractivity contribution in [3.05, 3.63) is 47.5 Å². The van der Waals surface area contributed by atoms with E-state index in [0.717, 1.165) is 16.0 Å². The predicted molar refractivity (Wildman–Crippen MR) is 128 cm³/mol. The van der Waals surface area contributed by atoms with Gasteiger partial charge in [-0.3, -0.25) is 9.69 Å². The van der Waals surface area contributed by atoms with Gasteiger partial charge in [-0.1, -0.05) is 22.9 Å². The summed E-state index contributed by atoms with van der Waals surface area (Å²) < 4.78 is 12.6. The molecule has 31 heavy (non-hydrogen) atoms. The van der Waals surface area contributed by atoms with E-state index in [0.29, 0.717) is 35.6 Å². The smallest absolute Gasteiger partial charge is 0.272 e. The van der Waals surface area contributed by atoms with Crippen LogP contribution in [0.25, 0.3) is 10.2 Å². The Labute approximate surface area is 192 Å². The van der Waals surface area contributed by atoms with Crippen molar-refractivity contribution < 1.29 is 14.3 Å². The summed E-state index contributed by atoms with van der Waals surface area (Å²) in [5.74, 6) is 1.22. The molecule has 0 aliphatic rings. The molecule has 3 aromatic rings. The van der Waals surface area contributed by atoms with Gasteiger partial charge in [0.15, 0.2) is 10.7 Å². The van der Waals surface area contributed by atoms with Gasteiger partial charge in [-0.15, -0.1) is 0 Å². The fraction of sp³-hybridized carbons (Fsp3) is 0.391. The number of nitrogens with zero attached hydrogens (tertiary/aromatic N) is 3. The summed E-state index contributed by atoms with van der Waals surface area (Å²) in [6.07, 6.45) is 0. The van der Waals surface area contributed by atoms with Gasteiger partial charge in [-0.25, -0.2) is 4.98 Å². The van der Waals surface area contributed by atoms with Crippen molar-refractivity contribution in [2.75, 3.05) is 38.7 Å². The Kier molecular flexibility index (Phi) is 7.41. The van der Waals surface area contributed by atoms with E-state index in [9.17, 15) is 4.79 Å². The summed E-state index contributed by atoms with van der Waals surface area (Å²) in [5, 5.41) is 1.26. The number of ether oxygens (including phenoxy) is 2. The van der Waals surface area contributed by atoms with Crippen molar-refractivity contribution in [3.8, 4) is 11.5 Å². The second-order valence-electron chi connectivity index (χ2n) is 7.89. The summed E-state index contributed by atoms with van der Waals surface area (Å²) in [7, 11) is 3.95. The number of likely N-dealkylation sites (N-methyl/N-ethyl adjacent to an activating group) is 1. The maximum absolute atomic E-state index is 13.6. The predicted octanol–water partition coefficient (Wildman–Crippen LogP) is 5.10. The van der Waals surface area contributed by atoms with Crippen LogP contribution in [-0.4, -0.2) is 55.2 Å². The molecular weight excluding hydrogens is 434 g/mol. The highest BCUT2D eigenvalue weighted by Crippen LogP contribution is 2.33. The van der Waals surface area contributed by atoms with E-state index < -0.39 is 5.60 Å². The number of aromatic nitrogens is 1. The van der Waals surface area contributed by atoms with Crippen LogP contribution in [0.4, 0.5) is 5.13 Å². The lowest BCUT2D eigenvalue weighted by molar-refractivity contribution is -0.131. The van der Waals surface area contributed by atoms with Crippen LogP contribution in [0.1, 0.15) is 20.8 Å². The molecule has 8 heteroatoms. The Morgan fingerprint density at radius 1 is 1.10 bits per heavy atom. The molecule has 0 unspecified atom stereocenters. The largest absolute Gasteiger partial charge is 0.494 e.